The van der Waals surface area contributed by atoms with E-state index >= 15 is 0 Å². The van der Waals surface area contributed by atoms with Crippen LogP contribution in [-0.2, 0) is 17.8 Å². The quantitative estimate of drug-likeness (QED) is 0.0368. The molecular weight excluding hydrogens is 865 g/mol. The van der Waals surface area contributed by atoms with Crippen LogP contribution >= 0.6 is 0 Å². The van der Waals surface area contributed by atoms with Crippen molar-refractivity contribution in [3.05, 3.63) is 205 Å². The monoisotopic (exact) mass is 908 g/mol. The van der Waals surface area contributed by atoms with Gasteiger partial charge in [0.25, 0.3) is 5.91 Å². The third-order valence-corrected chi connectivity index (χ3v) is 10.8. The Labute approximate surface area is 397 Å². The molecule has 10 rings (SSSR count). The van der Waals surface area contributed by atoms with E-state index in [-0.39, 0.29) is 0 Å². The average Bonchev–Trinajstić information content (AvgIpc) is 3.42. The largest absolute Gasteiger partial charge is 0.462 e. The molecule has 0 aliphatic carbocycles. The number of carbonyl (C=O) groups is 2. The van der Waals surface area contributed by atoms with Crippen molar-refractivity contribution in [1.82, 2.24) is 45.3 Å². The average molecular weight is 909 g/mol. The lowest BCUT2D eigenvalue weighted by molar-refractivity contribution is 0.0525. The van der Waals surface area contributed by atoms with Crippen molar-refractivity contribution in [2.24, 2.45) is 5.84 Å². The lowest BCUT2D eigenvalue weighted by Crippen LogP contribution is -2.30. The summed E-state index contributed by atoms with van der Waals surface area (Å²) in [4.78, 5) is 60.8. The molecular formula is C54H44N12O3. The van der Waals surface area contributed by atoms with Crippen LogP contribution in [0, 0.1) is 0 Å². The number of carbonyl (C=O) groups excluding carboxylic acids is 2. The first kappa shape index (κ1) is 44.8. The fourth-order valence-corrected chi connectivity index (χ4v) is 7.61. The van der Waals surface area contributed by atoms with Crippen LogP contribution in [-0.4, -0.2) is 58.4 Å². The van der Waals surface area contributed by atoms with E-state index in [2.05, 4.69) is 72.4 Å². The number of nitrogens with zero attached hydrogens (tertiary/aromatic N) is 8. The maximum atomic E-state index is 12.2. The first-order valence-electron chi connectivity index (χ1n) is 22.0. The summed E-state index contributed by atoms with van der Waals surface area (Å²) >= 11 is 0. The molecule has 0 aliphatic rings. The van der Waals surface area contributed by atoms with Gasteiger partial charge >= 0.3 is 5.97 Å². The number of nitrogens with two attached hydrogens (primary N) is 1. The number of hydrogen-bond donors (Lipinski definition) is 4. The summed E-state index contributed by atoms with van der Waals surface area (Å²) in [5, 5.41) is 8.71. The van der Waals surface area contributed by atoms with E-state index in [0.29, 0.717) is 65.2 Å². The lowest BCUT2D eigenvalue weighted by Gasteiger charge is -2.14. The van der Waals surface area contributed by atoms with Crippen LogP contribution < -0.4 is 21.9 Å². The number of hydrazine groups is 1. The van der Waals surface area contributed by atoms with Crippen LogP contribution in [0.25, 0.3) is 66.8 Å². The molecule has 15 heteroatoms. The number of hydrogen-bond acceptors (Lipinski definition) is 14. The van der Waals surface area contributed by atoms with Gasteiger partial charge < -0.3 is 15.4 Å². The summed E-state index contributed by atoms with van der Waals surface area (Å²) in [7, 11) is 0. The smallest absolute Gasteiger partial charge is 0.339 e. The number of ether oxygens (including phenoxy) is 1. The molecule has 0 bridgehead atoms. The minimum Gasteiger partial charge on any atom is -0.462 e. The first-order chi connectivity index (χ1) is 33.9. The molecule has 0 unspecified atom stereocenters. The molecule has 4 aromatic carbocycles. The van der Waals surface area contributed by atoms with Crippen LogP contribution in [0.3, 0.4) is 0 Å². The molecule has 10 aromatic rings. The Bertz CT molecular complexity index is 3380. The molecule has 6 heterocycles. The Balaban J connectivity index is 0.000000172. The summed E-state index contributed by atoms with van der Waals surface area (Å²) in [5.41, 5.74) is 11.5. The fourth-order valence-electron chi connectivity index (χ4n) is 7.61. The summed E-state index contributed by atoms with van der Waals surface area (Å²) in [5.74, 6) is 6.67. The standard InChI is InChI=1S/C28H23N5O2.C26H21N7O/c1-2-35-28(34)21-15-20(16-29-17-21)26-32-24-13-8-12-23(19-9-4-3-5-10-19)25(24)27(33-26)31-18-22-11-6-7-14-30-22;27-33-26(34)19-13-18(14-28-15-19)24-31-22-11-6-10-21(17-7-2-1-3-8-17)23(22)25(32-24)30-16-20-9-4-5-12-29-20/h3-17H,2,18H2,1H3,(H,31,32,33);1-15H,16,27H2,(H,33,34)(H,30,31,32). The molecule has 0 saturated carbocycles. The Hall–Kier alpha value is -9.34. The zero-order valence-corrected chi connectivity index (χ0v) is 37.3. The molecule has 0 atom stereocenters. The molecule has 1 amide bonds. The number of nitrogen functional groups attached to an aromatic ring is 1. The van der Waals surface area contributed by atoms with Crippen LogP contribution in [0.1, 0.15) is 39.0 Å². The topological polar surface area (TPSA) is 209 Å². The highest BCUT2D eigenvalue weighted by atomic mass is 16.5. The van der Waals surface area contributed by atoms with E-state index in [1.165, 1.54) is 12.4 Å². The Morgan fingerprint density at radius 1 is 0.522 bits per heavy atom. The molecule has 338 valence electrons. The highest BCUT2D eigenvalue weighted by molar-refractivity contribution is 6.04. The van der Waals surface area contributed by atoms with Gasteiger partial charge in [0.05, 0.1) is 64.0 Å². The minimum atomic E-state index is -0.435. The van der Waals surface area contributed by atoms with E-state index in [0.717, 1.165) is 55.4 Å². The van der Waals surface area contributed by atoms with Crippen LogP contribution in [0.15, 0.2) is 183 Å². The highest BCUT2D eigenvalue weighted by Gasteiger charge is 2.18. The van der Waals surface area contributed by atoms with E-state index in [4.69, 9.17) is 30.5 Å². The predicted molar refractivity (Wildman–Crippen MR) is 267 cm³/mol. The number of aromatic nitrogens is 8. The maximum absolute atomic E-state index is 12.2. The van der Waals surface area contributed by atoms with Gasteiger partial charge in [0.2, 0.25) is 0 Å². The van der Waals surface area contributed by atoms with Gasteiger partial charge in [-0.25, -0.2) is 30.6 Å². The zero-order chi connectivity index (χ0) is 47.4. The fraction of sp³-hybridized carbons (Fsp3) is 0.0741. The molecule has 0 spiro atoms. The summed E-state index contributed by atoms with van der Waals surface area (Å²) in [6.45, 7) is 3.05. The molecule has 15 nitrogen and oxygen atoms in total. The molecule has 0 radical (unpaired) electrons. The molecule has 69 heavy (non-hydrogen) atoms. The third kappa shape index (κ3) is 10.5. The third-order valence-electron chi connectivity index (χ3n) is 10.8. The van der Waals surface area contributed by atoms with Crippen molar-refractivity contribution >= 4 is 45.3 Å². The van der Waals surface area contributed by atoms with Crippen molar-refractivity contribution in [1.29, 1.82) is 0 Å². The molecule has 0 fully saturated rings. The number of pyridine rings is 4. The van der Waals surface area contributed by atoms with Crippen LogP contribution in [0.4, 0.5) is 11.6 Å². The summed E-state index contributed by atoms with van der Waals surface area (Å²) in [6.07, 6.45) is 9.72. The second-order valence-electron chi connectivity index (χ2n) is 15.4. The summed E-state index contributed by atoms with van der Waals surface area (Å²) in [6, 6.07) is 47.2. The van der Waals surface area contributed by atoms with Gasteiger partial charge in [-0.1, -0.05) is 97.1 Å². The lowest BCUT2D eigenvalue weighted by atomic mass is 10.0. The van der Waals surface area contributed by atoms with Gasteiger partial charge in [0.1, 0.15) is 11.6 Å². The number of esters is 1. The second kappa shape index (κ2) is 21.3. The number of benzene rings is 4. The predicted octanol–water partition coefficient (Wildman–Crippen LogP) is 9.51. The van der Waals surface area contributed by atoms with Crippen molar-refractivity contribution in [3.63, 3.8) is 0 Å². The van der Waals surface area contributed by atoms with Crippen molar-refractivity contribution in [3.8, 4) is 45.0 Å². The van der Waals surface area contributed by atoms with E-state index in [9.17, 15) is 9.59 Å². The number of nitrogens with one attached hydrogen (secondary N) is 3. The first-order valence-corrected chi connectivity index (χ1v) is 22.0. The van der Waals surface area contributed by atoms with Crippen molar-refractivity contribution in [2.75, 3.05) is 17.2 Å². The van der Waals surface area contributed by atoms with Gasteiger partial charge in [0.15, 0.2) is 11.6 Å². The van der Waals surface area contributed by atoms with Gasteiger partial charge in [-0.15, -0.1) is 0 Å². The van der Waals surface area contributed by atoms with Gasteiger partial charge in [0, 0.05) is 48.3 Å². The van der Waals surface area contributed by atoms with Crippen molar-refractivity contribution in [2.45, 2.75) is 20.0 Å². The second-order valence-corrected chi connectivity index (χ2v) is 15.4. The summed E-state index contributed by atoms with van der Waals surface area (Å²) < 4.78 is 5.13. The van der Waals surface area contributed by atoms with Crippen molar-refractivity contribution < 1.29 is 14.3 Å². The van der Waals surface area contributed by atoms with E-state index < -0.39 is 11.9 Å². The number of amides is 1. The number of anilines is 2. The Morgan fingerprint density at radius 3 is 1.46 bits per heavy atom. The molecule has 5 N–H and O–H groups in total. The van der Waals surface area contributed by atoms with Gasteiger partial charge in [-0.2, -0.15) is 0 Å². The molecule has 6 aromatic heterocycles. The highest BCUT2D eigenvalue weighted by Crippen LogP contribution is 2.36. The molecule has 0 aliphatic heterocycles. The zero-order valence-electron chi connectivity index (χ0n) is 37.3. The SMILES string of the molecule is CCOC(=O)c1cncc(-c2nc(NCc3ccccn3)c3c(-c4ccccc4)cccc3n2)c1.NNC(=O)c1cncc(-c2nc(NCc3ccccn3)c3c(-c4ccccc4)cccc3n2)c1. The van der Waals surface area contributed by atoms with Gasteiger partial charge in [-0.3, -0.25) is 30.2 Å². The van der Waals surface area contributed by atoms with E-state index in [1.54, 1.807) is 43.8 Å². The Morgan fingerprint density at radius 2 is 1.00 bits per heavy atom. The van der Waals surface area contributed by atoms with Gasteiger partial charge in [-0.05, 0) is 77.7 Å². The van der Waals surface area contributed by atoms with Crippen LogP contribution in [0.5, 0.6) is 0 Å². The number of fused-ring (bicyclic) bond motifs is 2. The molecule has 0 saturated heterocycles. The maximum Gasteiger partial charge on any atom is 0.339 e. The minimum absolute atomic E-state index is 0.291. The normalized spacial score (nSPS) is 10.8. The Kier molecular flexibility index (Phi) is 13.9. The van der Waals surface area contributed by atoms with E-state index in [1.807, 2.05) is 97.1 Å². The number of rotatable bonds is 13. The van der Waals surface area contributed by atoms with Crippen LogP contribution in [0.2, 0.25) is 0 Å².